The second-order valence-corrected chi connectivity index (χ2v) is 7.74. The molecule has 8 heteroatoms. The first-order valence-electron chi connectivity index (χ1n) is 10.2. The van der Waals surface area contributed by atoms with Gasteiger partial charge in [-0.25, -0.2) is 18.7 Å². The SMILES string of the molecule is CC1=C(C(=O)OC(C)C)C(c2cn(-c3ccccc3)nc2-c2ccc(F)cc2)NC(=O)N1. The Bertz CT molecular complexity index is 1180. The molecule has 0 fully saturated rings. The molecule has 0 saturated carbocycles. The van der Waals surface area contributed by atoms with Crippen LogP contribution < -0.4 is 10.6 Å². The van der Waals surface area contributed by atoms with Crippen molar-refractivity contribution in [3.63, 3.8) is 0 Å². The molecule has 0 saturated heterocycles. The van der Waals surface area contributed by atoms with Crippen molar-refractivity contribution >= 4 is 12.0 Å². The lowest BCUT2D eigenvalue weighted by Gasteiger charge is -2.28. The highest BCUT2D eigenvalue weighted by Crippen LogP contribution is 2.35. The van der Waals surface area contributed by atoms with Crippen molar-refractivity contribution in [1.29, 1.82) is 0 Å². The summed E-state index contributed by atoms with van der Waals surface area (Å²) in [4.78, 5) is 25.3. The topological polar surface area (TPSA) is 85.2 Å². The minimum atomic E-state index is -0.799. The normalized spacial score (nSPS) is 16.0. The van der Waals surface area contributed by atoms with Crippen molar-refractivity contribution < 1.29 is 18.7 Å². The first kappa shape index (κ1) is 21.3. The standard InChI is InChI=1S/C24H23FN4O3/c1-14(2)32-23(30)20-15(3)26-24(31)27-22(20)19-13-29(18-7-5-4-6-8-18)28-21(19)16-9-11-17(25)12-10-16/h4-14,22H,1-3H3,(H2,26,27,31). The average molecular weight is 434 g/mol. The predicted molar refractivity (Wildman–Crippen MR) is 117 cm³/mol. The Labute approximate surface area is 184 Å². The van der Waals surface area contributed by atoms with Gasteiger partial charge in [0.15, 0.2) is 0 Å². The van der Waals surface area contributed by atoms with Gasteiger partial charge >= 0.3 is 12.0 Å². The number of benzene rings is 2. The highest BCUT2D eigenvalue weighted by Gasteiger charge is 2.35. The van der Waals surface area contributed by atoms with Crippen LogP contribution in [0.2, 0.25) is 0 Å². The van der Waals surface area contributed by atoms with E-state index in [1.54, 1.807) is 43.8 Å². The van der Waals surface area contributed by atoms with Crippen LogP contribution in [0, 0.1) is 5.82 Å². The second-order valence-electron chi connectivity index (χ2n) is 7.74. The number of esters is 1. The van der Waals surface area contributed by atoms with Gasteiger partial charge < -0.3 is 15.4 Å². The number of carbonyl (C=O) groups is 2. The van der Waals surface area contributed by atoms with E-state index in [2.05, 4.69) is 10.6 Å². The lowest BCUT2D eigenvalue weighted by Crippen LogP contribution is -2.45. The van der Waals surface area contributed by atoms with Crippen molar-refractivity contribution in [2.75, 3.05) is 0 Å². The maximum absolute atomic E-state index is 13.6. The van der Waals surface area contributed by atoms with E-state index in [9.17, 15) is 14.0 Å². The monoisotopic (exact) mass is 434 g/mol. The molecule has 2 amide bonds. The zero-order valence-corrected chi connectivity index (χ0v) is 17.9. The van der Waals surface area contributed by atoms with Gasteiger partial charge in [0, 0.05) is 23.0 Å². The number of ether oxygens (including phenoxy) is 1. The van der Waals surface area contributed by atoms with Crippen LogP contribution >= 0.6 is 0 Å². The summed E-state index contributed by atoms with van der Waals surface area (Å²) in [5.41, 5.74) is 3.25. The number of nitrogens with one attached hydrogen (secondary N) is 2. The third-order valence-corrected chi connectivity index (χ3v) is 5.02. The fraction of sp³-hybridized carbons (Fsp3) is 0.208. The maximum Gasteiger partial charge on any atom is 0.338 e. The van der Waals surface area contributed by atoms with E-state index in [0.717, 1.165) is 5.69 Å². The minimum Gasteiger partial charge on any atom is -0.459 e. The highest BCUT2D eigenvalue weighted by atomic mass is 19.1. The molecule has 1 atom stereocenters. The number of halogens is 1. The van der Waals surface area contributed by atoms with Gasteiger partial charge in [-0.2, -0.15) is 5.10 Å². The Morgan fingerprint density at radius 2 is 1.81 bits per heavy atom. The molecule has 4 rings (SSSR count). The summed E-state index contributed by atoms with van der Waals surface area (Å²) in [5.74, 6) is -0.905. The van der Waals surface area contributed by atoms with E-state index in [0.29, 0.717) is 22.5 Å². The third-order valence-electron chi connectivity index (χ3n) is 5.02. The van der Waals surface area contributed by atoms with E-state index in [-0.39, 0.29) is 17.5 Å². The maximum atomic E-state index is 13.6. The molecule has 32 heavy (non-hydrogen) atoms. The largest absolute Gasteiger partial charge is 0.459 e. The summed E-state index contributed by atoms with van der Waals surface area (Å²) in [6, 6.07) is 14.1. The van der Waals surface area contributed by atoms with Crippen LogP contribution in [0.3, 0.4) is 0 Å². The molecule has 3 aromatic rings. The van der Waals surface area contributed by atoms with E-state index >= 15 is 0 Å². The van der Waals surface area contributed by atoms with Gasteiger partial charge in [-0.15, -0.1) is 0 Å². The van der Waals surface area contributed by atoms with Crippen LogP contribution in [0.15, 0.2) is 72.1 Å². The Morgan fingerprint density at radius 3 is 2.47 bits per heavy atom. The molecule has 0 aliphatic carbocycles. The number of hydrogen-bond donors (Lipinski definition) is 2. The number of rotatable bonds is 5. The van der Waals surface area contributed by atoms with Crippen LogP contribution in [0.5, 0.6) is 0 Å². The van der Waals surface area contributed by atoms with Gasteiger partial charge in [-0.3, -0.25) is 0 Å². The predicted octanol–water partition coefficient (Wildman–Crippen LogP) is 4.26. The molecule has 1 unspecified atom stereocenters. The molecule has 2 N–H and O–H groups in total. The van der Waals surface area contributed by atoms with E-state index in [1.807, 2.05) is 30.3 Å². The Balaban J connectivity index is 1.89. The molecule has 1 aromatic heterocycles. The van der Waals surface area contributed by atoms with Crippen LogP contribution in [0.1, 0.15) is 32.4 Å². The molecule has 2 heterocycles. The summed E-state index contributed by atoms with van der Waals surface area (Å²) in [7, 11) is 0. The van der Waals surface area contributed by atoms with Crippen LogP contribution in [0.4, 0.5) is 9.18 Å². The number of amides is 2. The molecular weight excluding hydrogens is 411 g/mol. The minimum absolute atomic E-state index is 0.286. The molecule has 2 aromatic carbocycles. The van der Waals surface area contributed by atoms with Crippen LogP contribution in [0.25, 0.3) is 16.9 Å². The summed E-state index contributed by atoms with van der Waals surface area (Å²) in [6.45, 7) is 5.17. The van der Waals surface area contributed by atoms with Gasteiger partial charge in [0.2, 0.25) is 0 Å². The van der Waals surface area contributed by atoms with E-state index in [1.165, 1.54) is 12.1 Å². The number of nitrogens with zero attached hydrogens (tertiary/aromatic N) is 2. The molecule has 1 aliphatic heterocycles. The zero-order chi connectivity index (χ0) is 22.8. The van der Waals surface area contributed by atoms with Crippen molar-refractivity contribution in [2.45, 2.75) is 32.9 Å². The molecule has 1 aliphatic rings. The zero-order valence-electron chi connectivity index (χ0n) is 17.9. The molecular formula is C24H23FN4O3. The average Bonchev–Trinajstić information content (AvgIpc) is 3.19. The van der Waals surface area contributed by atoms with Crippen LogP contribution in [-0.4, -0.2) is 27.9 Å². The number of carbonyl (C=O) groups excluding carboxylic acids is 2. The quantitative estimate of drug-likeness (QED) is 0.588. The van der Waals surface area contributed by atoms with Gasteiger partial charge in [-0.05, 0) is 57.2 Å². The number of allylic oxidation sites excluding steroid dienone is 1. The van der Waals surface area contributed by atoms with Crippen molar-refractivity contribution in [2.24, 2.45) is 0 Å². The van der Waals surface area contributed by atoms with Crippen molar-refractivity contribution in [3.8, 4) is 16.9 Å². The number of para-hydroxylation sites is 1. The summed E-state index contributed by atoms with van der Waals surface area (Å²) < 4.78 is 20.7. The Hall–Kier alpha value is -3.94. The first-order valence-corrected chi connectivity index (χ1v) is 10.2. The fourth-order valence-corrected chi connectivity index (χ4v) is 3.62. The number of hydrogen-bond acceptors (Lipinski definition) is 4. The molecule has 0 spiro atoms. The summed E-state index contributed by atoms with van der Waals surface area (Å²) in [6.07, 6.45) is 1.44. The highest BCUT2D eigenvalue weighted by molar-refractivity contribution is 5.95. The Morgan fingerprint density at radius 1 is 1.12 bits per heavy atom. The first-order chi connectivity index (χ1) is 15.3. The van der Waals surface area contributed by atoms with Gasteiger partial charge in [0.05, 0.1) is 29.1 Å². The number of urea groups is 1. The van der Waals surface area contributed by atoms with E-state index < -0.39 is 18.0 Å². The third kappa shape index (κ3) is 4.25. The van der Waals surface area contributed by atoms with Crippen molar-refractivity contribution in [3.05, 3.63) is 83.4 Å². The molecule has 164 valence electrons. The van der Waals surface area contributed by atoms with Gasteiger partial charge in [-0.1, -0.05) is 18.2 Å². The summed E-state index contributed by atoms with van der Waals surface area (Å²) in [5, 5.41) is 10.2. The molecule has 0 bridgehead atoms. The lowest BCUT2D eigenvalue weighted by molar-refractivity contribution is -0.143. The fourth-order valence-electron chi connectivity index (χ4n) is 3.62. The van der Waals surface area contributed by atoms with Gasteiger partial charge in [0.25, 0.3) is 0 Å². The second kappa shape index (κ2) is 8.66. The Kier molecular flexibility index (Phi) is 5.77. The smallest absolute Gasteiger partial charge is 0.338 e. The molecule has 7 nitrogen and oxygen atoms in total. The van der Waals surface area contributed by atoms with Crippen LogP contribution in [-0.2, 0) is 9.53 Å². The lowest BCUT2D eigenvalue weighted by atomic mass is 9.93. The number of aromatic nitrogens is 2. The summed E-state index contributed by atoms with van der Waals surface area (Å²) >= 11 is 0. The van der Waals surface area contributed by atoms with E-state index in [4.69, 9.17) is 9.84 Å². The van der Waals surface area contributed by atoms with Crippen molar-refractivity contribution in [1.82, 2.24) is 20.4 Å². The van der Waals surface area contributed by atoms with Gasteiger partial charge in [0.1, 0.15) is 5.82 Å². The molecule has 0 radical (unpaired) electrons.